The van der Waals surface area contributed by atoms with E-state index in [1.807, 2.05) is 0 Å². The van der Waals surface area contributed by atoms with Gasteiger partial charge in [-0.2, -0.15) is 0 Å². The molecule has 1 N–H and O–H groups in total. The second kappa shape index (κ2) is 10.8. The van der Waals surface area contributed by atoms with Crippen molar-refractivity contribution in [2.75, 3.05) is 35.5 Å². The molecule has 1 aliphatic rings. The Balaban J connectivity index is 2.01. The number of aliphatic hydroxyl groups is 1. The van der Waals surface area contributed by atoms with Gasteiger partial charge in [-0.3, -0.25) is 9.59 Å². The molecule has 0 saturated carbocycles. The van der Waals surface area contributed by atoms with Crippen molar-refractivity contribution in [3.8, 4) is 28.7 Å². The number of hydrogen-bond acceptors (Lipinski definition) is 8. The maximum Gasteiger partial charge on any atom is 0.290 e. The third-order valence-electron chi connectivity index (χ3n) is 6.54. The molecule has 0 fully saturated rings. The summed E-state index contributed by atoms with van der Waals surface area (Å²) in [6.45, 7) is -0.0197. The molecular weight excluding hydrogens is 490 g/mol. The van der Waals surface area contributed by atoms with E-state index in [9.17, 15) is 14.7 Å². The largest absolute Gasteiger partial charge is 0.503 e. The minimum Gasteiger partial charge on any atom is -0.503 e. The van der Waals surface area contributed by atoms with Crippen LogP contribution in [-0.4, -0.2) is 57.2 Å². The molecule has 1 unspecified atom stereocenters. The zero-order chi connectivity index (χ0) is 27.4. The monoisotopic (exact) mass is 519 g/mol. The number of carbonyl (C=O) groups excluding carboxylic acids is 2. The first-order valence-electron chi connectivity index (χ1n) is 11.7. The smallest absolute Gasteiger partial charge is 0.290 e. The van der Waals surface area contributed by atoms with Crippen LogP contribution in [-0.2, 0) is 16.9 Å². The molecule has 0 radical (unpaired) electrons. The minimum absolute atomic E-state index is 0.0197. The van der Waals surface area contributed by atoms with Gasteiger partial charge in [0.2, 0.25) is 5.78 Å². The topological polar surface area (TPSA) is 104 Å². The number of methoxy groups -OCH3 is 5. The number of hydrogen-bond donors (Lipinski definition) is 1. The van der Waals surface area contributed by atoms with Gasteiger partial charge >= 0.3 is 0 Å². The third kappa shape index (κ3) is 4.36. The number of ether oxygens (including phenoxy) is 5. The summed E-state index contributed by atoms with van der Waals surface area (Å²) in [5, 5.41) is 10.8. The Bertz CT molecular complexity index is 1380. The average molecular weight is 520 g/mol. The Hall–Kier alpha value is -4.66. The first-order chi connectivity index (χ1) is 18.3. The Morgan fingerprint density at radius 2 is 1.42 bits per heavy atom. The van der Waals surface area contributed by atoms with Crippen LogP contribution >= 0.6 is 0 Å². The van der Waals surface area contributed by atoms with Crippen molar-refractivity contribution in [3.63, 3.8) is 0 Å². The van der Waals surface area contributed by atoms with E-state index >= 15 is 0 Å². The maximum absolute atomic E-state index is 14.7. The maximum atomic E-state index is 14.7. The van der Waals surface area contributed by atoms with Gasteiger partial charge in [0.05, 0.1) is 35.5 Å². The normalized spacial score (nSPS) is 16.6. The molecule has 1 atom stereocenters. The van der Waals surface area contributed by atoms with E-state index in [0.717, 1.165) is 0 Å². The zero-order valence-corrected chi connectivity index (χ0v) is 21.8. The van der Waals surface area contributed by atoms with Gasteiger partial charge in [0, 0.05) is 12.6 Å². The highest BCUT2D eigenvalue weighted by Gasteiger charge is 2.54. The summed E-state index contributed by atoms with van der Waals surface area (Å²) in [6.07, 6.45) is 1.25. The number of carbonyl (C=O) groups is 2. The standard InChI is InChI=1S/C29H29NO8/c1-34-20-9-6-8-18(14-20)17-30-28(33)21(31)16-29(30,19-12-13-22(35-2)25(15-19)38-5)27(32)26-23(36-3)10-7-11-24(26)37-4/h6-16,31H,17H2,1-5H3. The molecule has 9 heteroatoms. The quantitative estimate of drug-likeness (QED) is 0.396. The van der Waals surface area contributed by atoms with Gasteiger partial charge in [0.15, 0.2) is 22.8 Å². The van der Waals surface area contributed by atoms with E-state index in [0.29, 0.717) is 28.4 Å². The van der Waals surface area contributed by atoms with Crippen LogP contribution in [0.2, 0.25) is 0 Å². The molecule has 3 aromatic rings. The highest BCUT2D eigenvalue weighted by molar-refractivity contribution is 6.14. The fourth-order valence-corrected chi connectivity index (χ4v) is 4.68. The first kappa shape index (κ1) is 26.4. The average Bonchev–Trinajstić information content (AvgIpc) is 3.21. The highest BCUT2D eigenvalue weighted by atomic mass is 16.5. The molecule has 0 aliphatic carbocycles. The first-order valence-corrected chi connectivity index (χ1v) is 11.7. The fourth-order valence-electron chi connectivity index (χ4n) is 4.68. The van der Waals surface area contributed by atoms with Gasteiger partial charge in [0.25, 0.3) is 5.91 Å². The predicted octanol–water partition coefficient (Wildman–Crippen LogP) is 4.29. The molecule has 0 saturated heterocycles. The van der Waals surface area contributed by atoms with Gasteiger partial charge in [0.1, 0.15) is 22.8 Å². The predicted molar refractivity (Wildman–Crippen MR) is 139 cm³/mol. The number of aliphatic hydroxyl groups excluding tert-OH is 1. The molecular formula is C29H29NO8. The second-order valence-corrected chi connectivity index (χ2v) is 8.48. The van der Waals surface area contributed by atoms with Gasteiger partial charge in [-0.15, -0.1) is 0 Å². The van der Waals surface area contributed by atoms with Gasteiger partial charge in [-0.1, -0.05) is 24.3 Å². The van der Waals surface area contributed by atoms with Crippen molar-refractivity contribution in [2.24, 2.45) is 0 Å². The third-order valence-corrected chi connectivity index (χ3v) is 6.54. The van der Waals surface area contributed by atoms with E-state index < -0.39 is 23.0 Å². The number of nitrogens with zero attached hydrogens (tertiary/aromatic N) is 1. The van der Waals surface area contributed by atoms with Crippen molar-refractivity contribution in [2.45, 2.75) is 12.1 Å². The molecule has 0 spiro atoms. The molecule has 1 amide bonds. The van der Waals surface area contributed by atoms with Crippen LogP contribution in [0, 0.1) is 0 Å². The van der Waals surface area contributed by atoms with Crippen molar-refractivity contribution < 1.29 is 38.4 Å². The number of amides is 1. The molecule has 1 heterocycles. The van der Waals surface area contributed by atoms with Crippen LogP contribution in [0.25, 0.3) is 0 Å². The van der Waals surface area contributed by atoms with E-state index in [4.69, 9.17) is 23.7 Å². The summed E-state index contributed by atoms with van der Waals surface area (Å²) in [4.78, 5) is 29.5. The summed E-state index contributed by atoms with van der Waals surface area (Å²) in [6, 6.07) is 17.0. The highest BCUT2D eigenvalue weighted by Crippen LogP contribution is 2.46. The number of benzene rings is 3. The second-order valence-electron chi connectivity index (χ2n) is 8.48. The SMILES string of the molecule is COc1cccc(CN2C(=O)C(O)=CC2(C(=O)c2c(OC)cccc2OC)c2ccc(OC)c(OC)c2)c1. The lowest BCUT2D eigenvalue weighted by Gasteiger charge is -2.37. The molecule has 0 aromatic heterocycles. The van der Waals surface area contributed by atoms with E-state index in [1.165, 1.54) is 39.4 Å². The van der Waals surface area contributed by atoms with E-state index in [1.54, 1.807) is 67.8 Å². The lowest BCUT2D eigenvalue weighted by atomic mass is 9.81. The van der Waals surface area contributed by atoms with Crippen LogP contribution < -0.4 is 23.7 Å². The lowest BCUT2D eigenvalue weighted by Crippen LogP contribution is -2.49. The Labute approximate surface area is 220 Å². The summed E-state index contributed by atoms with van der Waals surface area (Å²) in [5.41, 5.74) is -0.619. The van der Waals surface area contributed by atoms with Gasteiger partial charge in [-0.25, -0.2) is 0 Å². The van der Waals surface area contributed by atoms with Crippen LogP contribution in [0.4, 0.5) is 0 Å². The van der Waals surface area contributed by atoms with Gasteiger partial charge < -0.3 is 33.7 Å². The summed E-state index contributed by atoms with van der Waals surface area (Å²) in [5.74, 6) is 0.0451. The number of Topliss-reactive ketones (excluding diaryl/α,β-unsaturated/α-hetero) is 1. The van der Waals surface area contributed by atoms with Crippen LogP contribution in [0.15, 0.2) is 72.5 Å². The van der Waals surface area contributed by atoms with Crippen LogP contribution in [0.5, 0.6) is 28.7 Å². The van der Waals surface area contributed by atoms with Crippen molar-refractivity contribution in [1.82, 2.24) is 4.90 Å². The lowest BCUT2D eigenvalue weighted by molar-refractivity contribution is -0.131. The van der Waals surface area contributed by atoms with Crippen molar-refractivity contribution in [3.05, 3.63) is 89.2 Å². The van der Waals surface area contributed by atoms with E-state index in [2.05, 4.69) is 0 Å². The number of rotatable bonds is 10. The molecule has 9 nitrogen and oxygen atoms in total. The van der Waals surface area contributed by atoms with Crippen molar-refractivity contribution in [1.29, 1.82) is 0 Å². The van der Waals surface area contributed by atoms with Gasteiger partial charge in [-0.05, 0) is 47.5 Å². The summed E-state index contributed by atoms with van der Waals surface area (Å²) < 4.78 is 27.3. The molecule has 0 bridgehead atoms. The number of ketones is 1. The summed E-state index contributed by atoms with van der Waals surface area (Å²) in [7, 11) is 7.39. The van der Waals surface area contributed by atoms with Crippen molar-refractivity contribution >= 4 is 11.7 Å². The fraction of sp³-hybridized carbons (Fsp3) is 0.241. The minimum atomic E-state index is -1.79. The zero-order valence-electron chi connectivity index (χ0n) is 21.8. The van der Waals surface area contributed by atoms with Crippen LogP contribution in [0.1, 0.15) is 21.5 Å². The van der Waals surface area contributed by atoms with E-state index in [-0.39, 0.29) is 23.6 Å². The van der Waals surface area contributed by atoms with Crippen LogP contribution in [0.3, 0.4) is 0 Å². The molecule has 1 aliphatic heterocycles. The molecule has 38 heavy (non-hydrogen) atoms. The summed E-state index contributed by atoms with van der Waals surface area (Å²) >= 11 is 0. The molecule has 3 aromatic carbocycles. The molecule has 4 rings (SSSR count). The Kier molecular flexibility index (Phi) is 7.47. The Morgan fingerprint density at radius 1 is 0.789 bits per heavy atom. The Morgan fingerprint density at radius 3 is 2.03 bits per heavy atom. The molecule has 198 valence electrons.